The summed E-state index contributed by atoms with van der Waals surface area (Å²) in [6.07, 6.45) is 2.01. The van der Waals surface area contributed by atoms with Gasteiger partial charge in [0.25, 0.3) is 0 Å². The molecule has 1 heterocycles. The normalized spacial score (nSPS) is 28.5. The van der Waals surface area contributed by atoms with E-state index in [1.54, 1.807) is 6.33 Å². The molecule has 1 N–H and O–H groups in total. The number of imidazole rings is 1. The molecule has 1 aromatic rings. The molecule has 122 valence electrons. The van der Waals surface area contributed by atoms with Crippen molar-refractivity contribution < 1.29 is 33.5 Å². The van der Waals surface area contributed by atoms with E-state index in [4.69, 9.17) is 20.6 Å². The second kappa shape index (κ2) is 8.84. The van der Waals surface area contributed by atoms with E-state index in [1.165, 1.54) is 0 Å². The Bertz CT molecular complexity index is 562. The number of aliphatic hydroxyl groups excluding tert-OH is 1. The van der Waals surface area contributed by atoms with Gasteiger partial charge in [-0.2, -0.15) is 0 Å². The molecule has 1 aromatic heterocycles. The Hall–Kier alpha value is 0.898. The van der Waals surface area contributed by atoms with E-state index in [0.717, 1.165) is 19.4 Å². The van der Waals surface area contributed by atoms with Gasteiger partial charge in [0.05, 0.1) is 0 Å². The van der Waals surface area contributed by atoms with Gasteiger partial charge in [0.2, 0.25) is 0 Å². The van der Waals surface area contributed by atoms with Crippen molar-refractivity contribution in [1.29, 1.82) is 0 Å². The summed E-state index contributed by atoms with van der Waals surface area (Å²) in [5.41, 5.74) is 0.645. The summed E-state index contributed by atoms with van der Waals surface area (Å²) in [5.74, 6) is 0.626. The fraction of sp³-hybridized carbons (Fsp3) is 0.545. The number of nitrogens with zero attached hydrogens (tertiary/aromatic N) is 3. The Kier molecular flexibility index (Phi) is 7.72. The summed E-state index contributed by atoms with van der Waals surface area (Å²) in [7, 11) is 5.10. The SMILES string of the molecule is C=Nc1c([C](Cl)=[W])ncn1[C@@H]1C[C@H](CO)[C@@H](OPP)[C@H]1OP. The molecule has 1 aliphatic rings. The first-order valence-electron chi connectivity index (χ1n) is 6.40. The average molecular weight is 551 g/mol. The fourth-order valence-electron chi connectivity index (χ4n) is 2.82. The third kappa shape index (κ3) is 3.76. The Morgan fingerprint density at radius 3 is 2.91 bits per heavy atom. The van der Waals surface area contributed by atoms with Crippen molar-refractivity contribution in [3.05, 3.63) is 12.0 Å². The van der Waals surface area contributed by atoms with Gasteiger partial charge in [-0.3, -0.25) is 0 Å². The van der Waals surface area contributed by atoms with Crippen molar-refractivity contribution in [2.45, 2.75) is 24.7 Å². The van der Waals surface area contributed by atoms with Crippen LogP contribution in [-0.4, -0.2) is 43.5 Å². The predicted molar refractivity (Wildman–Crippen MR) is 93.1 cm³/mol. The predicted octanol–water partition coefficient (Wildman–Crippen LogP) is 1.98. The van der Waals surface area contributed by atoms with Gasteiger partial charge in [0.15, 0.2) is 0 Å². The van der Waals surface area contributed by atoms with Gasteiger partial charge in [-0.15, -0.1) is 0 Å². The molecule has 0 bridgehead atoms. The molecule has 22 heavy (non-hydrogen) atoms. The Balaban J connectivity index is 2.39. The number of aliphatic imine (C=N–C) groups is 1. The van der Waals surface area contributed by atoms with Crippen LogP contribution >= 0.6 is 38.5 Å². The molecule has 6 nitrogen and oxygen atoms in total. The zero-order valence-electron chi connectivity index (χ0n) is 11.6. The third-order valence-electron chi connectivity index (χ3n) is 3.77. The van der Waals surface area contributed by atoms with E-state index < -0.39 is 0 Å². The molecule has 0 saturated heterocycles. The molecule has 0 radical (unpaired) electrons. The van der Waals surface area contributed by atoms with Crippen molar-refractivity contribution in [2.24, 2.45) is 10.9 Å². The molecular weight excluding hydrogens is 534 g/mol. The molecule has 0 spiro atoms. The first-order valence-corrected chi connectivity index (χ1v) is 11.4. The first kappa shape index (κ1) is 19.2. The zero-order valence-corrected chi connectivity index (χ0v) is 18.6. The van der Waals surface area contributed by atoms with Gasteiger partial charge >= 0.3 is 152 Å². The van der Waals surface area contributed by atoms with Crippen LogP contribution in [0.1, 0.15) is 18.2 Å². The summed E-state index contributed by atoms with van der Waals surface area (Å²) < 4.78 is 13.9. The van der Waals surface area contributed by atoms with Crippen LogP contribution in [0.3, 0.4) is 0 Å². The van der Waals surface area contributed by atoms with Gasteiger partial charge in [-0.25, -0.2) is 0 Å². The van der Waals surface area contributed by atoms with Crippen LogP contribution in [0.4, 0.5) is 5.82 Å². The number of aliphatic hydroxyl groups is 1. The van der Waals surface area contributed by atoms with Gasteiger partial charge in [-0.1, -0.05) is 0 Å². The van der Waals surface area contributed by atoms with Gasteiger partial charge in [0, 0.05) is 0 Å². The number of halogens is 1. The van der Waals surface area contributed by atoms with Crippen molar-refractivity contribution in [1.82, 2.24) is 9.55 Å². The minimum absolute atomic E-state index is 0.00109. The van der Waals surface area contributed by atoms with E-state index in [0.29, 0.717) is 21.3 Å². The molecule has 7 atom stereocenters. The Labute approximate surface area is 151 Å². The number of hydrogen-bond acceptors (Lipinski definition) is 5. The van der Waals surface area contributed by atoms with E-state index in [-0.39, 0.29) is 39.3 Å². The molecule has 0 amide bonds. The molecule has 0 aromatic carbocycles. The molecular formula is C11H17ClN3O3P3W. The van der Waals surface area contributed by atoms with Crippen LogP contribution in [0.5, 0.6) is 0 Å². The van der Waals surface area contributed by atoms with Crippen LogP contribution in [0.2, 0.25) is 0 Å². The third-order valence-corrected chi connectivity index (χ3v) is 5.77. The average Bonchev–Trinajstić information content (AvgIpc) is 3.07. The Morgan fingerprint density at radius 1 is 1.68 bits per heavy atom. The molecule has 1 aliphatic carbocycles. The van der Waals surface area contributed by atoms with Gasteiger partial charge in [0.1, 0.15) is 0 Å². The quantitative estimate of drug-likeness (QED) is 0.416. The van der Waals surface area contributed by atoms with Gasteiger partial charge < -0.3 is 0 Å². The molecule has 1 saturated carbocycles. The van der Waals surface area contributed by atoms with E-state index in [9.17, 15) is 5.11 Å². The van der Waals surface area contributed by atoms with Gasteiger partial charge in [-0.05, 0) is 0 Å². The second-order valence-corrected chi connectivity index (χ2v) is 8.99. The number of hydrogen-bond donors (Lipinski definition) is 1. The summed E-state index contributed by atoms with van der Waals surface area (Å²) in [4.78, 5) is 8.41. The monoisotopic (exact) mass is 551 g/mol. The van der Waals surface area contributed by atoms with Crippen molar-refractivity contribution in [2.75, 3.05) is 6.61 Å². The minimum atomic E-state index is -0.222. The van der Waals surface area contributed by atoms with Crippen LogP contribution in [0.25, 0.3) is 0 Å². The molecule has 11 heteroatoms. The van der Waals surface area contributed by atoms with Crippen LogP contribution in [-0.2, 0) is 28.4 Å². The van der Waals surface area contributed by atoms with Crippen molar-refractivity contribution >= 4 is 54.4 Å². The maximum absolute atomic E-state index is 9.63. The number of aromatic nitrogens is 2. The summed E-state index contributed by atoms with van der Waals surface area (Å²) >= 11 is 7.22. The van der Waals surface area contributed by atoms with E-state index >= 15 is 0 Å². The Morgan fingerprint density at radius 2 is 2.41 bits per heavy atom. The molecule has 1 fully saturated rings. The summed E-state index contributed by atoms with van der Waals surface area (Å²) in [5, 5.41) is 9.63. The second-order valence-electron chi connectivity index (χ2n) is 4.80. The van der Waals surface area contributed by atoms with E-state index in [1.807, 2.05) is 4.57 Å². The topological polar surface area (TPSA) is 68.9 Å². The van der Waals surface area contributed by atoms with Crippen LogP contribution in [0, 0.1) is 5.92 Å². The standard InChI is InChI=1S/C11H17ClN3O3P3.W/c1-13-11-7(3-12)14-5-15(11)8-2-6(4-16)9(18-21-20)10(8)17-19;/h5-6,8-10,16,21H,1-2,4,19-20H2;/t6-,8-,9-,10+;/m1./s1. The first-order chi connectivity index (χ1) is 10.6. The summed E-state index contributed by atoms with van der Waals surface area (Å²) in [6, 6.07) is -0.0474. The van der Waals surface area contributed by atoms with Crippen molar-refractivity contribution in [3.63, 3.8) is 0 Å². The maximum atomic E-state index is 9.63. The van der Waals surface area contributed by atoms with E-state index in [2.05, 4.69) is 35.1 Å². The fourth-order valence-corrected chi connectivity index (χ4v) is 4.76. The number of rotatable bonds is 7. The van der Waals surface area contributed by atoms with Crippen LogP contribution < -0.4 is 0 Å². The van der Waals surface area contributed by atoms with Crippen molar-refractivity contribution in [3.8, 4) is 0 Å². The molecule has 2 rings (SSSR count). The summed E-state index contributed by atoms with van der Waals surface area (Å²) in [6.45, 7) is 3.67. The molecule has 3 unspecified atom stereocenters. The molecule has 0 aliphatic heterocycles. The zero-order chi connectivity index (χ0) is 16.3. The van der Waals surface area contributed by atoms with Crippen LogP contribution in [0.15, 0.2) is 11.3 Å².